The average Bonchev–Trinajstić information content (AvgIpc) is 2.60. The summed E-state index contributed by atoms with van der Waals surface area (Å²) in [4.78, 5) is 36.7. The Hall–Kier alpha value is -3.15. The summed E-state index contributed by atoms with van der Waals surface area (Å²) in [6, 6.07) is 11.4. The maximum Gasteiger partial charge on any atom is 0.336 e. The molecule has 0 spiro atoms. The van der Waals surface area contributed by atoms with E-state index in [0.717, 1.165) is 11.6 Å². The molecule has 1 aliphatic rings. The van der Waals surface area contributed by atoms with E-state index in [-0.39, 0.29) is 16.7 Å². The van der Waals surface area contributed by atoms with Crippen LogP contribution in [0.1, 0.15) is 42.2 Å². The van der Waals surface area contributed by atoms with Gasteiger partial charge >= 0.3 is 11.9 Å². The maximum absolute atomic E-state index is 12.7. The van der Waals surface area contributed by atoms with Gasteiger partial charge in [0.25, 0.3) is 5.91 Å². The zero-order valence-electron chi connectivity index (χ0n) is 12.7. The molecule has 1 heterocycles. The van der Waals surface area contributed by atoms with Gasteiger partial charge < -0.3 is 15.1 Å². The molecule has 2 aromatic carbocycles. The molecule has 6 heteroatoms. The molecule has 0 bridgehead atoms. The fourth-order valence-electron chi connectivity index (χ4n) is 2.88. The number of carbonyl (C=O) groups excluding carboxylic acids is 1. The third-order valence-electron chi connectivity index (χ3n) is 4.15. The third kappa shape index (κ3) is 2.86. The van der Waals surface area contributed by atoms with Crippen molar-refractivity contribution in [2.75, 3.05) is 6.54 Å². The minimum Gasteiger partial charge on any atom is -0.478 e. The Kier molecular flexibility index (Phi) is 4.04. The molecule has 0 saturated heterocycles. The molecule has 6 nitrogen and oxygen atoms in total. The summed E-state index contributed by atoms with van der Waals surface area (Å²) < 4.78 is 0. The highest BCUT2D eigenvalue weighted by Crippen LogP contribution is 2.22. The zero-order chi connectivity index (χ0) is 17.3. The van der Waals surface area contributed by atoms with Crippen LogP contribution in [-0.2, 0) is 13.0 Å². The molecule has 3 rings (SSSR count). The molecule has 0 radical (unpaired) electrons. The number of hydrogen-bond donors (Lipinski definition) is 2. The number of carboxylic acid groups (broad SMARTS) is 2. The van der Waals surface area contributed by atoms with E-state index >= 15 is 0 Å². The summed E-state index contributed by atoms with van der Waals surface area (Å²) in [6.07, 6.45) is 0.706. The molecule has 0 unspecified atom stereocenters. The van der Waals surface area contributed by atoms with Gasteiger partial charge in [-0.2, -0.15) is 0 Å². The van der Waals surface area contributed by atoms with Crippen LogP contribution in [0.25, 0.3) is 0 Å². The van der Waals surface area contributed by atoms with Crippen molar-refractivity contribution < 1.29 is 24.6 Å². The van der Waals surface area contributed by atoms with Gasteiger partial charge in [-0.25, -0.2) is 9.59 Å². The second-order valence-electron chi connectivity index (χ2n) is 5.62. The van der Waals surface area contributed by atoms with Crippen LogP contribution in [0.3, 0.4) is 0 Å². The van der Waals surface area contributed by atoms with Crippen LogP contribution in [-0.4, -0.2) is 39.5 Å². The van der Waals surface area contributed by atoms with E-state index in [2.05, 4.69) is 0 Å². The number of carbonyl (C=O) groups is 3. The summed E-state index contributed by atoms with van der Waals surface area (Å²) >= 11 is 0. The molecule has 1 amide bonds. The van der Waals surface area contributed by atoms with Crippen molar-refractivity contribution in [2.45, 2.75) is 13.0 Å². The predicted molar refractivity (Wildman–Crippen MR) is 85.2 cm³/mol. The van der Waals surface area contributed by atoms with Crippen LogP contribution in [0, 0.1) is 0 Å². The lowest BCUT2D eigenvalue weighted by Gasteiger charge is -2.29. The Labute approximate surface area is 138 Å². The molecule has 24 heavy (non-hydrogen) atoms. The molecule has 1 aliphatic heterocycles. The van der Waals surface area contributed by atoms with Crippen molar-refractivity contribution >= 4 is 17.8 Å². The lowest BCUT2D eigenvalue weighted by Crippen LogP contribution is -2.36. The monoisotopic (exact) mass is 325 g/mol. The Morgan fingerprint density at radius 3 is 2.25 bits per heavy atom. The smallest absolute Gasteiger partial charge is 0.336 e. The van der Waals surface area contributed by atoms with Gasteiger partial charge in [0, 0.05) is 13.1 Å². The fourth-order valence-corrected chi connectivity index (χ4v) is 2.88. The van der Waals surface area contributed by atoms with E-state index in [1.54, 1.807) is 4.90 Å². The highest BCUT2D eigenvalue weighted by atomic mass is 16.4. The van der Waals surface area contributed by atoms with Crippen molar-refractivity contribution in [3.05, 3.63) is 70.3 Å². The van der Waals surface area contributed by atoms with Crippen LogP contribution in [0.15, 0.2) is 42.5 Å². The first-order chi connectivity index (χ1) is 11.5. The van der Waals surface area contributed by atoms with Gasteiger partial charge in [-0.15, -0.1) is 0 Å². The largest absolute Gasteiger partial charge is 0.478 e. The molecule has 0 aliphatic carbocycles. The number of carboxylic acids is 2. The SMILES string of the molecule is O=C(O)c1ccc(C(=O)N2CCc3ccccc3C2)c(C(=O)O)c1. The first kappa shape index (κ1) is 15.7. The van der Waals surface area contributed by atoms with Crippen LogP contribution < -0.4 is 0 Å². The Balaban J connectivity index is 1.93. The van der Waals surface area contributed by atoms with Crippen LogP contribution in [0.4, 0.5) is 0 Å². The maximum atomic E-state index is 12.7. The molecule has 0 atom stereocenters. The number of nitrogens with zero attached hydrogens (tertiary/aromatic N) is 1. The lowest BCUT2D eigenvalue weighted by atomic mass is 9.97. The number of rotatable bonds is 3. The molecule has 0 aromatic heterocycles. The van der Waals surface area contributed by atoms with Gasteiger partial charge in [-0.3, -0.25) is 4.79 Å². The number of aromatic carboxylic acids is 2. The molecule has 2 N–H and O–H groups in total. The highest BCUT2D eigenvalue weighted by Gasteiger charge is 2.26. The van der Waals surface area contributed by atoms with Gasteiger partial charge in [0.05, 0.1) is 16.7 Å². The molecule has 0 saturated carbocycles. The summed E-state index contributed by atoms with van der Waals surface area (Å²) in [5.41, 5.74) is 1.77. The second kappa shape index (κ2) is 6.16. The van der Waals surface area contributed by atoms with Crippen molar-refractivity contribution in [3.63, 3.8) is 0 Å². The molecule has 0 fully saturated rings. The number of hydrogen-bond acceptors (Lipinski definition) is 3. The van der Waals surface area contributed by atoms with Crippen molar-refractivity contribution in [1.82, 2.24) is 4.90 Å². The van der Waals surface area contributed by atoms with E-state index < -0.39 is 17.8 Å². The molecule has 2 aromatic rings. The molecule has 122 valence electrons. The minimum absolute atomic E-state index is 0.00637. The van der Waals surface area contributed by atoms with E-state index in [4.69, 9.17) is 5.11 Å². The number of amides is 1. The number of benzene rings is 2. The van der Waals surface area contributed by atoms with Gasteiger partial charge in [-0.05, 0) is 35.7 Å². The summed E-state index contributed by atoms with van der Waals surface area (Å²) in [7, 11) is 0. The van der Waals surface area contributed by atoms with Crippen LogP contribution >= 0.6 is 0 Å². The van der Waals surface area contributed by atoms with E-state index in [9.17, 15) is 19.5 Å². The zero-order valence-corrected chi connectivity index (χ0v) is 12.7. The van der Waals surface area contributed by atoms with E-state index in [1.807, 2.05) is 24.3 Å². The van der Waals surface area contributed by atoms with Gasteiger partial charge in [0.2, 0.25) is 0 Å². The average molecular weight is 325 g/mol. The van der Waals surface area contributed by atoms with Gasteiger partial charge in [-0.1, -0.05) is 24.3 Å². The Bertz CT molecular complexity index is 843. The van der Waals surface area contributed by atoms with E-state index in [1.165, 1.54) is 17.7 Å². The van der Waals surface area contributed by atoms with Crippen molar-refractivity contribution in [1.29, 1.82) is 0 Å². The normalized spacial score (nSPS) is 13.2. The summed E-state index contributed by atoms with van der Waals surface area (Å²) in [5, 5.41) is 18.3. The first-order valence-electron chi connectivity index (χ1n) is 7.44. The third-order valence-corrected chi connectivity index (χ3v) is 4.15. The second-order valence-corrected chi connectivity index (χ2v) is 5.62. The van der Waals surface area contributed by atoms with Gasteiger partial charge in [0.15, 0.2) is 0 Å². The molecular formula is C18H15NO5. The van der Waals surface area contributed by atoms with Gasteiger partial charge in [0.1, 0.15) is 0 Å². The Morgan fingerprint density at radius 2 is 1.58 bits per heavy atom. The minimum atomic E-state index is -1.32. The highest BCUT2D eigenvalue weighted by molar-refractivity contribution is 6.06. The van der Waals surface area contributed by atoms with Crippen LogP contribution in [0.2, 0.25) is 0 Å². The van der Waals surface area contributed by atoms with Crippen molar-refractivity contribution in [2.24, 2.45) is 0 Å². The first-order valence-corrected chi connectivity index (χ1v) is 7.44. The fraction of sp³-hybridized carbons (Fsp3) is 0.167. The summed E-state index contributed by atoms with van der Waals surface area (Å²) in [6.45, 7) is 0.907. The molecular weight excluding hydrogens is 310 g/mol. The van der Waals surface area contributed by atoms with E-state index in [0.29, 0.717) is 19.5 Å². The number of fused-ring (bicyclic) bond motifs is 1. The van der Waals surface area contributed by atoms with Crippen LogP contribution in [0.5, 0.6) is 0 Å². The summed E-state index contributed by atoms with van der Waals surface area (Å²) in [5.74, 6) is -2.96. The Morgan fingerprint density at radius 1 is 0.875 bits per heavy atom. The topological polar surface area (TPSA) is 94.9 Å². The standard InChI is InChI=1S/C18H15NO5/c20-16(19-8-7-11-3-1-2-4-13(11)10-19)14-6-5-12(17(21)22)9-15(14)18(23)24/h1-6,9H,7-8,10H2,(H,21,22)(H,23,24). The predicted octanol–water partition coefficient (Wildman–Crippen LogP) is 2.28. The lowest BCUT2D eigenvalue weighted by molar-refractivity contribution is 0.0668. The quantitative estimate of drug-likeness (QED) is 0.903. The van der Waals surface area contributed by atoms with Crippen molar-refractivity contribution in [3.8, 4) is 0 Å².